The van der Waals surface area contributed by atoms with Gasteiger partial charge in [-0.2, -0.15) is 0 Å². The number of benzene rings is 2. The maximum absolute atomic E-state index is 13.3. The van der Waals surface area contributed by atoms with Gasteiger partial charge in [-0.1, -0.05) is 67.6 Å². The Hall–Kier alpha value is -2.66. The first-order chi connectivity index (χ1) is 15.7. The molecule has 32 heavy (non-hydrogen) atoms. The monoisotopic (exact) mass is 433 g/mol. The number of amides is 2. The predicted octanol–water partition coefficient (Wildman–Crippen LogP) is 3.96. The highest BCUT2D eigenvalue weighted by Gasteiger charge is 2.34. The van der Waals surface area contributed by atoms with Crippen LogP contribution in [-0.4, -0.2) is 65.8 Å². The Bertz CT molecular complexity index is 839. The molecule has 2 saturated heterocycles. The summed E-state index contributed by atoms with van der Waals surface area (Å²) in [5, 5.41) is 0. The number of carbonyl (C=O) groups is 2. The SMILES string of the molecule is CCCC(=O)N1CCCC(C(=O)N2CCN(C(c3ccccc3)c3ccccc3)CC2)C1. The Morgan fingerprint density at radius 2 is 1.44 bits per heavy atom. The van der Waals surface area contributed by atoms with Crippen molar-refractivity contribution in [3.63, 3.8) is 0 Å². The van der Waals surface area contributed by atoms with Gasteiger partial charge in [0.2, 0.25) is 11.8 Å². The molecule has 2 aliphatic heterocycles. The summed E-state index contributed by atoms with van der Waals surface area (Å²) in [6.07, 6.45) is 3.27. The zero-order chi connectivity index (χ0) is 22.3. The fourth-order valence-electron chi connectivity index (χ4n) is 5.12. The molecule has 2 amide bonds. The van der Waals surface area contributed by atoms with Crippen molar-refractivity contribution in [2.45, 2.75) is 38.6 Å². The molecule has 0 saturated carbocycles. The van der Waals surface area contributed by atoms with E-state index < -0.39 is 0 Å². The van der Waals surface area contributed by atoms with Crippen LogP contribution < -0.4 is 0 Å². The van der Waals surface area contributed by atoms with Gasteiger partial charge >= 0.3 is 0 Å². The Morgan fingerprint density at radius 1 is 0.844 bits per heavy atom. The molecule has 2 aromatic rings. The van der Waals surface area contributed by atoms with Gasteiger partial charge in [0.1, 0.15) is 0 Å². The van der Waals surface area contributed by atoms with E-state index in [1.807, 2.05) is 16.7 Å². The smallest absolute Gasteiger partial charge is 0.227 e. The van der Waals surface area contributed by atoms with E-state index >= 15 is 0 Å². The fraction of sp³-hybridized carbons (Fsp3) is 0.481. The summed E-state index contributed by atoms with van der Waals surface area (Å²) in [6.45, 7) is 6.61. The predicted molar refractivity (Wildman–Crippen MR) is 127 cm³/mol. The van der Waals surface area contributed by atoms with Gasteiger partial charge in [-0.15, -0.1) is 0 Å². The topological polar surface area (TPSA) is 43.9 Å². The Balaban J connectivity index is 1.40. The van der Waals surface area contributed by atoms with E-state index in [4.69, 9.17) is 0 Å². The molecular weight excluding hydrogens is 398 g/mol. The number of hydrogen-bond acceptors (Lipinski definition) is 3. The highest BCUT2D eigenvalue weighted by Crippen LogP contribution is 2.30. The summed E-state index contributed by atoms with van der Waals surface area (Å²) in [5.41, 5.74) is 2.58. The van der Waals surface area contributed by atoms with Crippen molar-refractivity contribution in [3.8, 4) is 0 Å². The minimum Gasteiger partial charge on any atom is -0.342 e. The summed E-state index contributed by atoms with van der Waals surface area (Å²) >= 11 is 0. The van der Waals surface area contributed by atoms with Crippen LogP contribution in [0.5, 0.6) is 0 Å². The van der Waals surface area contributed by atoms with Gasteiger partial charge in [0, 0.05) is 45.7 Å². The van der Waals surface area contributed by atoms with Crippen molar-refractivity contribution < 1.29 is 9.59 Å². The normalized spacial score (nSPS) is 19.9. The second-order valence-corrected chi connectivity index (χ2v) is 9.01. The Kier molecular flexibility index (Phi) is 7.59. The molecule has 0 bridgehead atoms. The van der Waals surface area contributed by atoms with Gasteiger partial charge < -0.3 is 9.80 Å². The molecule has 0 radical (unpaired) electrons. The summed E-state index contributed by atoms with van der Waals surface area (Å²) in [7, 11) is 0. The van der Waals surface area contributed by atoms with Gasteiger partial charge in [-0.05, 0) is 30.4 Å². The van der Waals surface area contributed by atoms with E-state index in [2.05, 4.69) is 65.6 Å². The number of piperazine rings is 1. The van der Waals surface area contributed by atoms with Crippen LogP contribution in [0.2, 0.25) is 0 Å². The fourth-order valence-corrected chi connectivity index (χ4v) is 5.12. The zero-order valence-electron chi connectivity index (χ0n) is 19.2. The molecule has 170 valence electrons. The molecule has 0 spiro atoms. The lowest BCUT2D eigenvalue weighted by Crippen LogP contribution is -2.53. The molecule has 0 aromatic heterocycles. The molecular formula is C27H35N3O2. The van der Waals surface area contributed by atoms with Crippen LogP contribution in [0.15, 0.2) is 60.7 Å². The summed E-state index contributed by atoms with van der Waals surface area (Å²) in [6, 6.07) is 21.5. The van der Waals surface area contributed by atoms with E-state index in [1.165, 1.54) is 11.1 Å². The van der Waals surface area contributed by atoms with Gasteiger partial charge in [-0.25, -0.2) is 0 Å². The molecule has 0 N–H and O–H groups in total. The lowest BCUT2D eigenvalue weighted by Gasteiger charge is -2.42. The van der Waals surface area contributed by atoms with Crippen molar-refractivity contribution in [3.05, 3.63) is 71.8 Å². The number of rotatable bonds is 6. The second kappa shape index (κ2) is 10.8. The molecule has 1 atom stereocenters. The van der Waals surface area contributed by atoms with E-state index in [-0.39, 0.29) is 23.8 Å². The van der Waals surface area contributed by atoms with Crippen molar-refractivity contribution in [2.24, 2.45) is 5.92 Å². The average Bonchev–Trinajstić information content (AvgIpc) is 2.86. The quantitative estimate of drug-likeness (QED) is 0.693. The summed E-state index contributed by atoms with van der Waals surface area (Å²) in [4.78, 5) is 32.0. The highest BCUT2D eigenvalue weighted by atomic mass is 16.2. The van der Waals surface area contributed by atoms with Gasteiger partial charge in [-0.3, -0.25) is 14.5 Å². The third kappa shape index (κ3) is 5.21. The van der Waals surface area contributed by atoms with E-state index in [0.717, 1.165) is 52.0 Å². The molecule has 1 unspecified atom stereocenters. The second-order valence-electron chi connectivity index (χ2n) is 9.01. The largest absolute Gasteiger partial charge is 0.342 e. The van der Waals surface area contributed by atoms with Crippen molar-refractivity contribution in [2.75, 3.05) is 39.3 Å². The lowest BCUT2D eigenvalue weighted by atomic mass is 9.94. The maximum atomic E-state index is 13.3. The average molecular weight is 434 g/mol. The first kappa shape index (κ1) is 22.5. The number of piperidine rings is 1. The highest BCUT2D eigenvalue weighted by molar-refractivity contribution is 5.81. The van der Waals surface area contributed by atoms with Crippen molar-refractivity contribution in [1.82, 2.24) is 14.7 Å². The summed E-state index contributed by atoms with van der Waals surface area (Å²) in [5.74, 6) is 0.383. The maximum Gasteiger partial charge on any atom is 0.227 e. The number of likely N-dealkylation sites (tertiary alicyclic amines) is 1. The molecule has 0 aliphatic carbocycles. The first-order valence-electron chi connectivity index (χ1n) is 12.1. The van der Waals surface area contributed by atoms with E-state index in [0.29, 0.717) is 13.0 Å². The van der Waals surface area contributed by atoms with Crippen LogP contribution in [0.3, 0.4) is 0 Å². The zero-order valence-corrected chi connectivity index (χ0v) is 19.2. The summed E-state index contributed by atoms with van der Waals surface area (Å²) < 4.78 is 0. The third-order valence-electron chi connectivity index (χ3n) is 6.81. The standard InChI is InChI=1S/C27H35N3O2/c1-2-10-25(31)30-16-9-15-24(21-30)27(32)29-19-17-28(18-20-29)26(22-11-5-3-6-12-22)23-13-7-4-8-14-23/h3-8,11-14,24,26H,2,9-10,15-21H2,1H3. The van der Waals surface area contributed by atoms with Crippen LogP contribution in [-0.2, 0) is 9.59 Å². The third-order valence-corrected chi connectivity index (χ3v) is 6.81. The molecule has 2 aliphatic rings. The molecule has 5 heteroatoms. The van der Waals surface area contributed by atoms with Crippen LogP contribution in [0, 0.1) is 5.92 Å². The number of hydrogen-bond donors (Lipinski definition) is 0. The molecule has 2 fully saturated rings. The van der Waals surface area contributed by atoms with Crippen LogP contribution in [0.4, 0.5) is 0 Å². The number of carbonyl (C=O) groups excluding carboxylic acids is 2. The minimum absolute atomic E-state index is 0.0462. The van der Waals surface area contributed by atoms with Gasteiger partial charge in [0.25, 0.3) is 0 Å². The van der Waals surface area contributed by atoms with Crippen molar-refractivity contribution >= 4 is 11.8 Å². The van der Waals surface area contributed by atoms with Gasteiger partial charge in [0.05, 0.1) is 12.0 Å². The number of nitrogens with zero attached hydrogens (tertiary/aromatic N) is 3. The Labute approximate surface area is 192 Å². The minimum atomic E-state index is -0.0462. The van der Waals surface area contributed by atoms with Crippen LogP contribution in [0.25, 0.3) is 0 Å². The van der Waals surface area contributed by atoms with E-state index in [1.54, 1.807) is 0 Å². The first-order valence-corrected chi connectivity index (χ1v) is 12.1. The van der Waals surface area contributed by atoms with Crippen LogP contribution >= 0.6 is 0 Å². The van der Waals surface area contributed by atoms with Crippen molar-refractivity contribution in [1.29, 1.82) is 0 Å². The Morgan fingerprint density at radius 3 is 2.00 bits per heavy atom. The van der Waals surface area contributed by atoms with E-state index in [9.17, 15) is 9.59 Å². The van der Waals surface area contributed by atoms with Gasteiger partial charge in [0.15, 0.2) is 0 Å². The molecule has 4 rings (SSSR count). The molecule has 2 heterocycles. The molecule has 2 aromatic carbocycles. The lowest BCUT2D eigenvalue weighted by molar-refractivity contribution is -0.142. The molecule has 5 nitrogen and oxygen atoms in total. The van der Waals surface area contributed by atoms with Crippen LogP contribution in [0.1, 0.15) is 49.8 Å².